The molecule has 0 bridgehead atoms. The van der Waals surface area contributed by atoms with E-state index in [0.29, 0.717) is 93.9 Å². The fraction of sp³-hybridized carbons (Fsp3) is 0.357. The van der Waals surface area contributed by atoms with E-state index < -0.39 is 6.09 Å². The maximum absolute atomic E-state index is 13.5. The van der Waals surface area contributed by atoms with Crippen LogP contribution < -0.4 is 18.9 Å². The van der Waals surface area contributed by atoms with E-state index in [9.17, 15) is 9.59 Å². The van der Waals surface area contributed by atoms with Gasteiger partial charge in [0.2, 0.25) is 0 Å². The molecule has 2 aromatic heterocycles. The second-order valence-electron chi connectivity index (χ2n) is 17.6. The van der Waals surface area contributed by atoms with Crippen molar-refractivity contribution < 1.29 is 52.2 Å². The Kier molecular flexibility index (Phi) is 18.4. The number of carbonyl (C=O) groups excluding carboxylic acids is 2. The first kappa shape index (κ1) is 52.9. The van der Waals surface area contributed by atoms with Crippen LogP contribution in [0.2, 0.25) is 10.0 Å². The molecule has 73 heavy (non-hydrogen) atoms. The molecule has 2 aliphatic heterocycles. The van der Waals surface area contributed by atoms with Gasteiger partial charge in [0, 0.05) is 70.5 Å². The van der Waals surface area contributed by atoms with Crippen molar-refractivity contribution in [2.45, 2.75) is 44.9 Å². The summed E-state index contributed by atoms with van der Waals surface area (Å²) in [5, 5.41) is 3.53. The zero-order chi connectivity index (χ0) is 51.3. The van der Waals surface area contributed by atoms with E-state index in [4.69, 9.17) is 65.8 Å². The van der Waals surface area contributed by atoms with Crippen LogP contribution in [-0.4, -0.2) is 125 Å². The zero-order valence-corrected chi connectivity index (χ0v) is 43.3. The van der Waals surface area contributed by atoms with Crippen molar-refractivity contribution in [3.05, 3.63) is 153 Å². The number of benzene rings is 5. The molecular weight excluding hydrogens is 976 g/mol. The Bertz CT molecular complexity index is 2910. The van der Waals surface area contributed by atoms with Crippen molar-refractivity contribution >= 4 is 57.2 Å². The molecule has 7 aromatic rings. The van der Waals surface area contributed by atoms with Crippen LogP contribution in [0.3, 0.4) is 0 Å². The summed E-state index contributed by atoms with van der Waals surface area (Å²) in [5.74, 6) is 2.61. The molecule has 4 heterocycles. The van der Waals surface area contributed by atoms with Crippen LogP contribution >= 0.6 is 23.2 Å². The number of aromatic nitrogens is 2. The first-order valence-electron chi connectivity index (χ1n) is 24.3. The molecule has 2 atom stereocenters. The average molecular weight is 1040 g/mol. The summed E-state index contributed by atoms with van der Waals surface area (Å²) >= 11 is 12.6. The molecule has 0 saturated carbocycles. The average Bonchev–Trinajstić information content (AvgIpc) is 3.96. The number of rotatable bonds is 19. The molecule has 2 amide bonds. The van der Waals surface area contributed by atoms with Gasteiger partial charge in [0.05, 0.1) is 52.9 Å². The van der Waals surface area contributed by atoms with Gasteiger partial charge in [-0.15, -0.1) is 0 Å². The molecule has 2 unspecified atom stereocenters. The number of amides is 2. The molecule has 0 saturated heterocycles. The summed E-state index contributed by atoms with van der Waals surface area (Å²) in [5.41, 5.74) is 8.17. The van der Waals surface area contributed by atoms with Crippen LogP contribution in [0.15, 0.2) is 109 Å². The third kappa shape index (κ3) is 13.2. The highest BCUT2D eigenvalue weighted by atomic mass is 35.5. The highest BCUT2D eigenvalue weighted by molar-refractivity contribution is 6.31. The number of halogens is 2. The molecule has 15 nitrogen and oxygen atoms in total. The van der Waals surface area contributed by atoms with Crippen LogP contribution in [0.25, 0.3) is 21.8 Å². The lowest BCUT2D eigenvalue weighted by molar-refractivity contribution is 0.0544. The Labute approximate surface area is 435 Å². The van der Waals surface area contributed by atoms with Gasteiger partial charge in [0.1, 0.15) is 48.3 Å². The van der Waals surface area contributed by atoms with Crippen molar-refractivity contribution in [3.63, 3.8) is 0 Å². The van der Waals surface area contributed by atoms with E-state index in [1.165, 1.54) is 5.56 Å². The van der Waals surface area contributed by atoms with Crippen LogP contribution in [0, 0.1) is 0 Å². The molecule has 17 heteroatoms. The lowest BCUT2D eigenvalue weighted by atomic mass is 9.92. The minimum absolute atomic E-state index is 0.196. The molecule has 0 radical (unpaired) electrons. The molecule has 2 aliphatic rings. The molecule has 2 N–H and O–H groups in total. The standard InChI is InChI=1S/C30H31ClN2O6.C26H31ClN2O5/c1-35-15-16-37-17-18-38-23-6-3-20(4-7-23)29-28-25(26-19-21(31)5-12-27(26)32-28)13-14-33(29)30(34)39-24-10-8-22(36-2)9-11-24;1-17(2)34-26(30)29-11-10-21-22-16-19(27)6-9-23(22)28-24(21)25(29)18-4-7-20(8-5-18)33-15-14-32-13-12-31-3/h3-12,19,29,32H,13-18H2,1-2H3;4-9,16-17,25,28H,10-15H2,1-3H3. The van der Waals surface area contributed by atoms with Gasteiger partial charge < -0.3 is 52.6 Å². The summed E-state index contributed by atoms with van der Waals surface area (Å²) < 4.78 is 49.0. The van der Waals surface area contributed by atoms with Gasteiger partial charge in [-0.1, -0.05) is 47.5 Å². The van der Waals surface area contributed by atoms with Crippen LogP contribution in [0.4, 0.5) is 9.59 Å². The number of nitrogens with one attached hydrogen (secondary N) is 2. The van der Waals surface area contributed by atoms with Crippen LogP contribution in [0.5, 0.6) is 23.0 Å². The van der Waals surface area contributed by atoms with Gasteiger partial charge in [0.25, 0.3) is 0 Å². The van der Waals surface area contributed by atoms with E-state index in [2.05, 4.69) is 9.97 Å². The van der Waals surface area contributed by atoms with Gasteiger partial charge in [-0.3, -0.25) is 9.80 Å². The quantitative estimate of drug-likeness (QED) is 0.0744. The van der Waals surface area contributed by atoms with Crippen molar-refractivity contribution in [2.75, 3.05) is 87.3 Å². The van der Waals surface area contributed by atoms with E-state index in [0.717, 1.165) is 67.8 Å². The smallest absolute Gasteiger partial charge is 0.416 e. The number of hydrogen-bond acceptors (Lipinski definition) is 11. The van der Waals surface area contributed by atoms with E-state index >= 15 is 0 Å². The Morgan fingerprint density at radius 3 is 1.41 bits per heavy atom. The molecule has 386 valence electrons. The maximum atomic E-state index is 13.5. The minimum Gasteiger partial charge on any atom is -0.497 e. The number of fused-ring (bicyclic) bond motifs is 6. The minimum atomic E-state index is -0.430. The predicted octanol–water partition coefficient (Wildman–Crippen LogP) is 11.4. The maximum Gasteiger partial charge on any atom is 0.416 e. The largest absolute Gasteiger partial charge is 0.497 e. The van der Waals surface area contributed by atoms with Gasteiger partial charge in [-0.2, -0.15) is 0 Å². The number of carbonyl (C=O) groups is 2. The third-order valence-corrected chi connectivity index (χ3v) is 13.0. The molecule has 9 rings (SSSR count). The summed E-state index contributed by atoms with van der Waals surface area (Å²) in [6.07, 6.45) is 0.451. The third-order valence-electron chi connectivity index (χ3n) is 12.5. The lowest BCUT2D eigenvalue weighted by Crippen LogP contribution is -2.42. The SMILES string of the molecule is COCCOCCOc1ccc(C2c3[nH]c4ccc(Cl)cc4c3CCN2C(=O)OC(C)C)cc1.COCCOCCOc1ccc(C2c3[nH]c4ccc(Cl)cc4c3CCN2C(=O)Oc2ccc(OC)cc2)cc1. The number of aromatic amines is 2. The van der Waals surface area contributed by atoms with Gasteiger partial charge in [0.15, 0.2) is 0 Å². The summed E-state index contributed by atoms with van der Waals surface area (Å²) in [4.78, 5) is 37.1. The summed E-state index contributed by atoms with van der Waals surface area (Å²) in [7, 11) is 4.88. The number of ether oxygens (including phenoxy) is 9. The van der Waals surface area contributed by atoms with E-state index in [1.54, 1.807) is 55.4 Å². The first-order chi connectivity index (χ1) is 35.5. The number of hydrogen-bond donors (Lipinski definition) is 2. The highest BCUT2D eigenvalue weighted by Gasteiger charge is 2.37. The van der Waals surface area contributed by atoms with E-state index in [-0.39, 0.29) is 24.3 Å². The monoisotopic (exact) mass is 1040 g/mol. The van der Waals surface area contributed by atoms with Crippen molar-refractivity contribution in [1.82, 2.24) is 19.8 Å². The van der Waals surface area contributed by atoms with Gasteiger partial charge in [-0.25, -0.2) is 9.59 Å². The first-order valence-corrected chi connectivity index (χ1v) is 25.1. The summed E-state index contributed by atoms with van der Waals surface area (Å²) in [6, 6.07) is 33.5. The number of nitrogens with zero attached hydrogens (tertiary/aromatic N) is 2. The fourth-order valence-electron chi connectivity index (χ4n) is 9.10. The van der Waals surface area contributed by atoms with Crippen LogP contribution in [0.1, 0.15) is 59.6 Å². The Hall–Kier alpha value is -6.46. The Balaban J connectivity index is 0.000000197. The van der Waals surface area contributed by atoms with Crippen molar-refractivity contribution in [1.29, 1.82) is 0 Å². The molecule has 5 aromatic carbocycles. The second kappa shape index (κ2) is 25.5. The summed E-state index contributed by atoms with van der Waals surface area (Å²) in [6.45, 7) is 8.79. The normalized spacial score (nSPS) is 15.1. The second-order valence-corrected chi connectivity index (χ2v) is 18.5. The van der Waals surface area contributed by atoms with Gasteiger partial charge >= 0.3 is 12.2 Å². The Morgan fingerprint density at radius 2 is 0.973 bits per heavy atom. The van der Waals surface area contributed by atoms with Crippen LogP contribution in [-0.2, 0) is 36.5 Å². The molecule has 0 aliphatic carbocycles. The van der Waals surface area contributed by atoms with Gasteiger partial charge in [-0.05, 0) is 134 Å². The molecular formula is C56H62Cl2N4O11. The van der Waals surface area contributed by atoms with Crippen molar-refractivity contribution in [2.24, 2.45) is 0 Å². The molecule has 0 spiro atoms. The lowest BCUT2D eigenvalue weighted by Gasteiger charge is -2.36. The zero-order valence-electron chi connectivity index (χ0n) is 41.8. The fourth-order valence-corrected chi connectivity index (χ4v) is 9.44. The number of H-pyrrole nitrogens is 2. The highest BCUT2D eigenvalue weighted by Crippen LogP contribution is 2.42. The van der Waals surface area contributed by atoms with Crippen molar-refractivity contribution in [3.8, 4) is 23.0 Å². The van der Waals surface area contributed by atoms with E-state index in [1.807, 2.05) is 98.8 Å². The molecule has 0 fully saturated rings. The number of methoxy groups -OCH3 is 3. The topological polar surface area (TPSA) is 155 Å². The Morgan fingerprint density at radius 1 is 0.548 bits per heavy atom. The predicted molar refractivity (Wildman–Crippen MR) is 281 cm³/mol.